The molecule has 5 nitrogen and oxygen atoms in total. The van der Waals surface area contributed by atoms with Gasteiger partial charge in [0.1, 0.15) is 11.2 Å². The molecule has 0 fully saturated rings. The Labute approximate surface area is 287 Å². The van der Waals surface area contributed by atoms with Crippen LogP contribution in [0, 0.1) is 0 Å². The highest BCUT2D eigenvalue weighted by atomic mass is 16.3. The van der Waals surface area contributed by atoms with Gasteiger partial charge in [-0.3, -0.25) is 0 Å². The molecule has 0 spiro atoms. The number of furan rings is 1. The average Bonchev–Trinajstić information content (AvgIpc) is 3.74. The highest BCUT2D eigenvalue weighted by Crippen LogP contribution is 2.42. The van der Waals surface area contributed by atoms with Crippen molar-refractivity contribution in [2.45, 2.75) is 0 Å². The highest BCUT2D eigenvalue weighted by molar-refractivity contribution is 6.17. The molecule has 7 aromatic carbocycles. The molecule has 3 aromatic heterocycles. The first-order valence-corrected chi connectivity index (χ1v) is 16.7. The van der Waals surface area contributed by atoms with Gasteiger partial charge in [-0.25, -0.2) is 15.0 Å². The van der Waals surface area contributed by atoms with E-state index in [2.05, 4.69) is 102 Å². The summed E-state index contributed by atoms with van der Waals surface area (Å²) in [4.78, 5) is 15.2. The van der Waals surface area contributed by atoms with Gasteiger partial charge in [-0.1, -0.05) is 133 Å². The van der Waals surface area contributed by atoms with Crippen LogP contribution in [0.25, 0.3) is 94.7 Å². The van der Waals surface area contributed by atoms with Crippen LogP contribution in [0.1, 0.15) is 0 Å². The van der Waals surface area contributed by atoms with Crippen LogP contribution in [-0.2, 0) is 0 Å². The van der Waals surface area contributed by atoms with Crippen LogP contribution in [0.15, 0.2) is 174 Å². The quantitative estimate of drug-likeness (QED) is 0.188. The Kier molecular flexibility index (Phi) is 6.42. The average molecular weight is 641 g/mol. The van der Waals surface area contributed by atoms with Gasteiger partial charge in [0, 0.05) is 49.5 Å². The molecule has 0 bridgehead atoms. The molecule has 0 radical (unpaired) electrons. The van der Waals surface area contributed by atoms with E-state index >= 15 is 0 Å². The molecule has 50 heavy (non-hydrogen) atoms. The largest absolute Gasteiger partial charge is 0.455 e. The Hall–Kier alpha value is -6.85. The minimum atomic E-state index is 0.625. The summed E-state index contributed by atoms with van der Waals surface area (Å²) in [7, 11) is 0. The van der Waals surface area contributed by atoms with Crippen molar-refractivity contribution < 1.29 is 4.42 Å². The number of rotatable bonds is 5. The number of nitrogens with zero attached hydrogens (tertiary/aromatic N) is 4. The van der Waals surface area contributed by atoms with Crippen LogP contribution in [0.3, 0.4) is 0 Å². The first-order valence-electron chi connectivity index (χ1n) is 16.7. The Morgan fingerprint density at radius 2 is 1.00 bits per heavy atom. The molecular weight excluding hydrogens is 613 g/mol. The molecule has 0 saturated heterocycles. The van der Waals surface area contributed by atoms with E-state index in [1.54, 1.807) is 0 Å². The minimum absolute atomic E-state index is 0.625. The van der Waals surface area contributed by atoms with E-state index in [1.807, 2.05) is 72.8 Å². The van der Waals surface area contributed by atoms with E-state index in [1.165, 1.54) is 0 Å². The third-order valence-corrected chi connectivity index (χ3v) is 9.46. The lowest BCUT2D eigenvalue weighted by molar-refractivity contribution is 0.670. The second kappa shape index (κ2) is 11.4. The summed E-state index contributed by atoms with van der Waals surface area (Å²) < 4.78 is 8.81. The van der Waals surface area contributed by atoms with Crippen LogP contribution in [-0.4, -0.2) is 19.5 Å². The molecule has 0 N–H and O–H groups in total. The number of hydrogen-bond donors (Lipinski definition) is 0. The van der Waals surface area contributed by atoms with E-state index in [4.69, 9.17) is 19.4 Å². The fraction of sp³-hybridized carbons (Fsp3) is 0. The van der Waals surface area contributed by atoms with Crippen molar-refractivity contribution in [3.05, 3.63) is 170 Å². The van der Waals surface area contributed by atoms with Gasteiger partial charge in [-0.15, -0.1) is 0 Å². The van der Waals surface area contributed by atoms with Crippen LogP contribution in [0.4, 0.5) is 0 Å². The summed E-state index contributed by atoms with van der Waals surface area (Å²) >= 11 is 0. The van der Waals surface area contributed by atoms with Crippen molar-refractivity contribution in [1.82, 2.24) is 19.5 Å². The number of fused-ring (bicyclic) bond motifs is 6. The SMILES string of the molecule is c1ccc(-c2nc(-c3ccccc3)nc(-c3cccc4c3c3cc(-c5cccc6c5oc5ccccc56)ccc3n4-c3ccccc3)n2)cc1. The molecule has 0 unspecified atom stereocenters. The van der Waals surface area contributed by atoms with Crippen molar-refractivity contribution >= 4 is 43.7 Å². The maximum atomic E-state index is 6.48. The van der Waals surface area contributed by atoms with Crippen molar-refractivity contribution in [2.24, 2.45) is 0 Å². The third-order valence-electron chi connectivity index (χ3n) is 9.46. The molecule has 10 aromatic rings. The van der Waals surface area contributed by atoms with Gasteiger partial charge in [-0.05, 0) is 42.0 Å². The number of hydrogen-bond acceptors (Lipinski definition) is 4. The molecule has 234 valence electrons. The van der Waals surface area contributed by atoms with Gasteiger partial charge in [0.05, 0.1) is 11.0 Å². The van der Waals surface area contributed by atoms with Gasteiger partial charge in [-0.2, -0.15) is 0 Å². The summed E-state index contributed by atoms with van der Waals surface area (Å²) in [5.41, 5.74) is 9.98. The Morgan fingerprint density at radius 3 is 1.74 bits per heavy atom. The van der Waals surface area contributed by atoms with Crippen molar-refractivity contribution in [1.29, 1.82) is 0 Å². The molecule has 10 rings (SSSR count). The monoisotopic (exact) mass is 640 g/mol. The standard InChI is InChI=1S/C45H28N4O/c1-4-14-29(15-5-1)43-46-44(30-16-6-2-7-17-30)48-45(47-43)36-23-13-24-39-41(36)37-28-31(26-27-38(37)49(39)32-18-8-3-9-19-32)33-21-12-22-35-34-20-10-11-25-40(34)50-42(33)35/h1-28H. The van der Waals surface area contributed by atoms with E-state index in [0.717, 1.165) is 77.2 Å². The van der Waals surface area contributed by atoms with E-state index in [0.29, 0.717) is 17.5 Å². The van der Waals surface area contributed by atoms with Gasteiger partial charge < -0.3 is 8.98 Å². The molecule has 0 atom stereocenters. The molecule has 0 aliphatic carbocycles. The first-order chi connectivity index (χ1) is 24.8. The molecule has 0 aliphatic heterocycles. The Morgan fingerprint density at radius 1 is 0.400 bits per heavy atom. The second-order valence-electron chi connectivity index (χ2n) is 12.4. The molecule has 0 saturated carbocycles. The van der Waals surface area contributed by atoms with Crippen molar-refractivity contribution in [3.8, 4) is 51.0 Å². The van der Waals surface area contributed by atoms with Crippen molar-refractivity contribution in [3.63, 3.8) is 0 Å². The molecule has 0 amide bonds. The van der Waals surface area contributed by atoms with Crippen LogP contribution < -0.4 is 0 Å². The minimum Gasteiger partial charge on any atom is -0.455 e. The fourth-order valence-electron chi connectivity index (χ4n) is 7.18. The summed E-state index contributed by atoms with van der Waals surface area (Å²) in [5.74, 6) is 1.89. The normalized spacial score (nSPS) is 11.6. The second-order valence-corrected chi connectivity index (χ2v) is 12.4. The summed E-state index contributed by atoms with van der Waals surface area (Å²) in [6.45, 7) is 0. The van der Waals surface area contributed by atoms with E-state index in [9.17, 15) is 0 Å². The van der Waals surface area contributed by atoms with Gasteiger partial charge >= 0.3 is 0 Å². The van der Waals surface area contributed by atoms with E-state index < -0.39 is 0 Å². The lowest BCUT2D eigenvalue weighted by Gasteiger charge is -2.10. The molecule has 5 heteroatoms. The van der Waals surface area contributed by atoms with Gasteiger partial charge in [0.2, 0.25) is 0 Å². The van der Waals surface area contributed by atoms with Crippen LogP contribution >= 0.6 is 0 Å². The zero-order valence-electron chi connectivity index (χ0n) is 26.9. The predicted octanol–water partition coefficient (Wildman–Crippen LogP) is 11.5. The zero-order chi connectivity index (χ0) is 33.0. The molecular formula is C45H28N4O. The third kappa shape index (κ3) is 4.52. The zero-order valence-corrected chi connectivity index (χ0v) is 26.9. The lowest BCUT2D eigenvalue weighted by atomic mass is 9.99. The Bertz CT molecular complexity index is 2800. The van der Waals surface area contributed by atoms with Crippen molar-refractivity contribution in [2.75, 3.05) is 0 Å². The maximum Gasteiger partial charge on any atom is 0.164 e. The van der Waals surface area contributed by atoms with Crippen LogP contribution in [0.2, 0.25) is 0 Å². The van der Waals surface area contributed by atoms with E-state index in [-0.39, 0.29) is 0 Å². The van der Waals surface area contributed by atoms with Crippen LogP contribution in [0.5, 0.6) is 0 Å². The summed E-state index contributed by atoms with van der Waals surface area (Å²) in [5, 5.41) is 4.41. The lowest BCUT2D eigenvalue weighted by Crippen LogP contribution is -2.00. The number of aromatic nitrogens is 4. The first kappa shape index (κ1) is 28.2. The predicted molar refractivity (Wildman–Crippen MR) is 203 cm³/mol. The topological polar surface area (TPSA) is 56.7 Å². The molecule has 3 heterocycles. The molecule has 0 aliphatic rings. The van der Waals surface area contributed by atoms with Gasteiger partial charge in [0.15, 0.2) is 17.5 Å². The maximum absolute atomic E-state index is 6.48. The van der Waals surface area contributed by atoms with Gasteiger partial charge in [0.25, 0.3) is 0 Å². The fourth-order valence-corrected chi connectivity index (χ4v) is 7.18. The highest BCUT2D eigenvalue weighted by Gasteiger charge is 2.21. The summed E-state index contributed by atoms with van der Waals surface area (Å²) in [6.07, 6.45) is 0. The smallest absolute Gasteiger partial charge is 0.164 e. The number of benzene rings is 7. The number of para-hydroxylation sites is 3. The summed E-state index contributed by atoms with van der Waals surface area (Å²) in [6, 6.07) is 58.5. The Balaban J connectivity index is 1.28.